The van der Waals surface area contributed by atoms with Crippen molar-refractivity contribution in [3.63, 3.8) is 0 Å². The van der Waals surface area contributed by atoms with Gasteiger partial charge in [-0.15, -0.1) is 0 Å². The van der Waals surface area contributed by atoms with Crippen molar-refractivity contribution in [3.05, 3.63) is 48.2 Å². The van der Waals surface area contributed by atoms with E-state index in [-0.39, 0.29) is 30.2 Å². The number of benzene rings is 1. The van der Waals surface area contributed by atoms with Gasteiger partial charge in [-0.2, -0.15) is 0 Å². The molecular weight excluding hydrogens is 287 g/mol. The Bertz CT molecular complexity index is 727. The highest BCUT2D eigenvalue weighted by Crippen LogP contribution is 2.37. The first-order valence-electron chi connectivity index (χ1n) is 6.93. The number of carbonyl (C=O) groups is 2. The zero-order chi connectivity index (χ0) is 15.9. The van der Waals surface area contributed by atoms with Gasteiger partial charge in [0, 0.05) is 13.5 Å². The van der Waals surface area contributed by atoms with Gasteiger partial charge in [-0.25, -0.2) is 4.39 Å². The molecule has 0 aliphatic carbocycles. The van der Waals surface area contributed by atoms with Crippen LogP contribution >= 0.6 is 0 Å². The molecule has 0 spiro atoms. The van der Waals surface area contributed by atoms with E-state index in [0.717, 1.165) is 0 Å². The van der Waals surface area contributed by atoms with Crippen LogP contribution in [0.2, 0.25) is 0 Å². The molecule has 0 saturated heterocycles. The second kappa shape index (κ2) is 5.29. The number of amides is 2. The van der Waals surface area contributed by atoms with Crippen molar-refractivity contribution in [2.75, 3.05) is 16.3 Å². The molecule has 0 saturated carbocycles. The second-order valence-corrected chi connectivity index (χ2v) is 5.26. The summed E-state index contributed by atoms with van der Waals surface area (Å²) in [6.07, 6.45) is 1.41. The number of fused-ring (bicyclic) bond motifs is 1. The number of halogens is 1. The number of furan rings is 1. The number of carbonyl (C=O) groups excluding carboxylic acids is 2. The third-order valence-electron chi connectivity index (χ3n) is 3.69. The van der Waals surface area contributed by atoms with Crippen LogP contribution in [0.5, 0.6) is 0 Å². The third kappa shape index (κ3) is 2.26. The monoisotopic (exact) mass is 302 g/mol. The minimum Gasteiger partial charge on any atom is -0.459 e. The van der Waals surface area contributed by atoms with Crippen LogP contribution in [0.25, 0.3) is 0 Å². The molecule has 0 fully saturated rings. The van der Waals surface area contributed by atoms with E-state index < -0.39 is 5.82 Å². The second-order valence-electron chi connectivity index (χ2n) is 5.26. The Hall–Kier alpha value is -2.63. The molecular formula is C16H15FN2O3. The Morgan fingerprint density at radius 2 is 2.05 bits per heavy atom. The fourth-order valence-electron chi connectivity index (χ4n) is 2.80. The largest absolute Gasteiger partial charge is 0.459 e. The quantitative estimate of drug-likeness (QED) is 0.814. The highest BCUT2D eigenvalue weighted by Gasteiger charge is 2.34. The van der Waals surface area contributed by atoms with Gasteiger partial charge in [0.15, 0.2) is 5.76 Å². The van der Waals surface area contributed by atoms with E-state index in [1.165, 1.54) is 36.3 Å². The molecule has 0 N–H and O–H groups in total. The Balaban J connectivity index is 2.10. The summed E-state index contributed by atoms with van der Waals surface area (Å²) in [5.41, 5.74) is 0.891. The molecule has 1 aromatic carbocycles. The SMILES string of the molecule is CC(=O)N1c2ccc(F)cc2N(C(=O)c2ccco2)CC1C. The van der Waals surface area contributed by atoms with Gasteiger partial charge >= 0.3 is 0 Å². The van der Waals surface area contributed by atoms with Crippen molar-refractivity contribution in [1.82, 2.24) is 0 Å². The van der Waals surface area contributed by atoms with Crippen molar-refractivity contribution >= 4 is 23.2 Å². The lowest BCUT2D eigenvalue weighted by molar-refractivity contribution is -0.117. The zero-order valence-corrected chi connectivity index (χ0v) is 12.2. The Labute approximate surface area is 126 Å². The van der Waals surface area contributed by atoms with Gasteiger partial charge in [0.05, 0.1) is 23.7 Å². The third-order valence-corrected chi connectivity index (χ3v) is 3.69. The maximum Gasteiger partial charge on any atom is 0.294 e. The van der Waals surface area contributed by atoms with Crippen LogP contribution < -0.4 is 9.80 Å². The molecule has 1 unspecified atom stereocenters. The Morgan fingerprint density at radius 1 is 1.27 bits per heavy atom. The molecule has 2 aromatic rings. The van der Waals surface area contributed by atoms with E-state index >= 15 is 0 Å². The zero-order valence-electron chi connectivity index (χ0n) is 12.2. The Morgan fingerprint density at radius 3 is 2.68 bits per heavy atom. The van der Waals surface area contributed by atoms with Gasteiger partial charge in [-0.05, 0) is 37.3 Å². The predicted octanol–water partition coefficient (Wildman–Crippen LogP) is 2.82. The molecule has 0 bridgehead atoms. The smallest absolute Gasteiger partial charge is 0.294 e. The Kier molecular flexibility index (Phi) is 3.44. The summed E-state index contributed by atoms with van der Waals surface area (Å²) in [6, 6.07) is 7.03. The fourth-order valence-corrected chi connectivity index (χ4v) is 2.80. The first kappa shape index (κ1) is 14.3. The van der Waals surface area contributed by atoms with Gasteiger partial charge < -0.3 is 14.2 Å². The summed E-state index contributed by atoms with van der Waals surface area (Å²) in [4.78, 5) is 27.5. The minimum absolute atomic E-state index is 0.148. The first-order chi connectivity index (χ1) is 10.5. The lowest BCUT2D eigenvalue weighted by Crippen LogP contribution is -2.51. The van der Waals surface area contributed by atoms with Crippen LogP contribution in [0.15, 0.2) is 41.0 Å². The maximum atomic E-state index is 13.6. The van der Waals surface area contributed by atoms with Crippen molar-refractivity contribution in [2.24, 2.45) is 0 Å². The summed E-state index contributed by atoms with van der Waals surface area (Å²) in [6.45, 7) is 3.57. The van der Waals surface area contributed by atoms with Crippen LogP contribution in [0, 0.1) is 5.82 Å². The summed E-state index contributed by atoms with van der Waals surface area (Å²) in [5.74, 6) is -0.787. The standard InChI is InChI=1S/C16H15FN2O3/c1-10-9-18(16(21)15-4-3-7-22-15)14-8-12(17)5-6-13(14)19(10)11(2)20/h3-8,10H,9H2,1-2H3. The van der Waals surface area contributed by atoms with Gasteiger partial charge in [-0.1, -0.05) is 0 Å². The van der Waals surface area contributed by atoms with Crippen LogP contribution in [0.4, 0.5) is 15.8 Å². The maximum absolute atomic E-state index is 13.6. The lowest BCUT2D eigenvalue weighted by Gasteiger charge is -2.40. The fraction of sp³-hybridized carbons (Fsp3) is 0.250. The summed E-state index contributed by atoms with van der Waals surface area (Å²) in [5, 5.41) is 0. The molecule has 1 aliphatic rings. The first-order valence-corrected chi connectivity index (χ1v) is 6.93. The molecule has 22 heavy (non-hydrogen) atoms. The van der Waals surface area contributed by atoms with E-state index in [1.54, 1.807) is 17.0 Å². The molecule has 3 rings (SSSR count). The van der Waals surface area contributed by atoms with Gasteiger partial charge in [-0.3, -0.25) is 9.59 Å². The highest BCUT2D eigenvalue weighted by molar-refractivity contribution is 6.09. The molecule has 5 nitrogen and oxygen atoms in total. The number of nitrogens with zero attached hydrogens (tertiary/aromatic N) is 2. The lowest BCUT2D eigenvalue weighted by atomic mass is 10.1. The van der Waals surface area contributed by atoms with Crippen molar-refractivity contribution in [2.45, 2.75) is 19.9 Å². The topological polar surface area (TPSA) is 53.8 Å². The number of hydrogen-bond acceptors (Lipinski definition) is 3. The minimum atomic E-state index is -0.464. The van der Waals surface area contributed by atoms with E-state index in [9.17, 15) is 14.0 Å². The highest BCUT2D eigenvalue weighted by atomic mass is 19.1. The van der Waals surface area contributed by atoms with Crippen LogP contribution in [0.3, 0.4) is 0 Å². The predicted molar refractivity (Wildman–Crippen MR) is 79.4 cm³/mol. The average molecular weight is 302 g/mol. The molecule has 114 valence electrons. The van der Waals surface area contributed by atoms with Crippen LogP contribution in [-0.2, 0) is 4.79 Å². The average Bonchev–Trinajstić information content (AvgIpc) is 2.99. The summed E-state index contributed by atoms with van der Waals surface area (Å²) in [7, 11) is 0. The molecule has 2 amide bonds. The van der Waals surface area contributed by atoms with E-state index in [0.29, 0.717) is 11.4 Å². The van der Waals surface area contributed by atoms with Gasteiger partial charge in [0.1, 0.15) is 5.82 Å². The van der Waals surface area contributed by atoms with Gasteiger partial charge in [0.2, 0.25) is 5.91 Å². The number of anilines is 2. The van der Waals surface area contributed by atoms with E-state index in [4.69, 9.17) is 4.42 Å². The van der Waals surface area contributed by atoms with Crippen molar-refractivity contribution < 1.29 is 18.4 Å². The molecule has 1 aromatic heterocycles. The molecule has 1 aliphatic heterocycles. The van der Waals surface area contributed by atoms with Crippen molar-refractivity contribution in [1.29, 1.82) is 0 Å². The van der Waals surface area contributed by atoms with E-state index in [2.05, 4.69) is 0 Å². The summed E-state index contributed by atoms with van der Waals surface area (Å²) >= 11 is 0. The summed E-state index contributed by atoms with van der Waals surface area (Å²) < 4.78 is 18.8. The molecule has 0 radical (unpaired) electrons. The number of rotatable bonds is 1. The van der Waals surface area contributed by atoms with E-state index in [1.807, 2.05) is 6.92 Å². The van der Waals surface area contributed by atoms with Gasteiger partial charge in [0.25, 0.3) is 5.91 Å². The molecule has 1 atom stereocenters. The normalized spacial score (nSPS) is 17.3. The molecule has 2 heterocycles. The van der Waals surface area contributed by atoms with Crippen molar-refractivity contribution in [3.8, 4) is 0 Å². The molecule has 6 heteroatoms. The number of hydrogen-bond donors (Lipinski definition) is 0. The van der Waals surface area contributed by atoms with Crippen LogP contribution in [0.1, 0.15) is 24.4 Å². The van der Waals surface area contributed by atoms with Crippen LogP contribution in [-0.4, -0.2) is 24.4 Å².